The SMILES string of the molecule is C[C]1[CH][P][C](CN2[C]N(C)C=C2)[C]1C.C[C]1[CH][P][C](CN2[C]N(C)C=C2)[C]1C.[CH]1[CH][CH][CH][CH]1.[CH]1[CH][CH][CH][CH]1.[Fe+2].[Fe+2].[Pd]. The fourth-order valence-electron chi connectivity index (χ4n) is 3.55. The monoisotopic (exact) mass is 758 g/mol. The molecule has 0 N–H and O–H groups in total. The van der Waals surface area contributed by atoms with Crippen LogP contribution in [0.5, 0.6) is 0 Å². The largest absolute Gasteiger partial charge is 2.00 e. The zero-order chi connectivity index (χ0) is 27.3. The van der Waals surface area contributed by atoms with Gasteiger partial charge < -0.3 is 19.6 Å². The number of hydrogen-bond donors (Lipinski definition) is 0. The Kier molecular flexibility index (Phi) is 24.3. The summed E-state index contributed by atoms with van der Waals surface area (Å²) in [6.45, 7) is 17.1. The third-order valence-electron chi connectivity index (χ3n) is 6.14. The molecule has 4 nitrogen and oxygen atoms in total. The molecule has 2 aliphatic carbocycles. The van der Waals surface area contributed by atoms with Gasteiger partial charge in [0, 0.05) is 83.7 Å². The molecular weight excluding hydrogens is 720 g/mol. The average molecular weight is 759 g/mol. The minimum Gasteiger partial charge on any atom is -0.349 e. The predicted molar refractivity (Wildman–Crippen MR) is 161 cm³/mol. The van der Waals surface area contributed by atoms with E-state index < -0.39 is 0 Å². The van der Waals surface area contributed by atoms with Crippen molar-refractivity contribution in [1.82, 2.24) is 19.6 Å². The smallest absolute Gasteiger partial charge is 0.349 e. The van der Waals surface area contributed by atoms with Crippen LogP contribution in [0.1, 0.15) is 27.7 Å². The first-order valence-electron chi connectivity index (χ1n) is 12.7. The van der Waals surface area contributed by atoms with Gasteiger partial charge in [0.2, 0.25) is 13.3 Å². The molecular formula is C32H38Fe2N4P2Pd+4. The van der Waals surface area contributed by atoms with Crippen LogP contribution in [0, 0.1) is 125 Å². The van der Waals surface area contributed by atoms with Crippen LogP contribution in [0.15, 0.2) is 24.8 Å². The standard InChI is InChI=1S/2C11H14N2P.2C5H5.2Fe.Pd/c2*1-9-7-14-11(10(9)2)6-13-5-4-12(3)8-13;2*1-2-4-5-3-1;;;/h2*4-5,7H,6H2,1-3H3;2*1-5H;;;/q;;;;2*+2;. The van der Waals surface area contributed by atoms with Crippen LogP contribution in [0.25, 0.3) is 0 Å². The zero-order valence-electron chi connectivity index (χ0n) is 24.4. The van der Waals surface area contributed by atoms with Gasteiger partial charge in [-0.1, -0.05) is 44.9 Å². The summed E-state index contributed by atoms with van der Waals surface area (Å²) in [7, 11) is 6.68. The maximum Gasteiger partial charge on any atom is 2.00 e. The van der Waals surface area contributed by atoms with E-state index in [1.165, 1.54) is 52.2 Å². The molecule has 0 aromatic carbocycles. The van der Waals surface area contributed by atoms with Gasteiger partial charge in [-0.25, -0.2) is 0 Å². The molecule has 0 aromatic heterocycles. The van der Waals surface area contributed by atoms with Crippen molar-refractivity contribution in [3.05, 3.63) is 150 Å². The normalized spacial score (nSPS) is 24.5. The zero-order valence-corrected chi connectivity index (χ0v) is 29.9. The molecule has 0 spiro atoms. The van der Waals surface area contributed by atoms with Gasteiger partial charge >= 0.3 is 34.1 Å². The second kappa shape index (κ2) is 23.6. The Morgan fingerprint density at radius 1 is 0.537 bits per heavy atom. The molecule has 218 valence electrons. The predicted octanol–water partition coefficient (Wildman–Crippen LogP) is 7.12. The molecule has 0 bridgehead atoms. The Balaban J connectivity index is 0.000000556. The third-order valence-corrected chi connectivity index (χ3v) is 8.75. The molecule has 4 aliphatic heterocycles. The summed E-state index contributed by atoms with van der Waals surface area (Å²) in [5.41, 5.74) is 2.96. The van der Waals surface area contributed by atoms with Crippen molar-refractivity contribution in [3.63, 3.8) is 0 Å². The minimum atomic E-state index is 0. The van der Waals surface area contributed by atoms with Crippen molar-refractivity contribution in [1.29, 1.82) is 0 Å². The second-order valence-electron chi connectivity index (χ2n) is 9.22. The van der Waals surface area contributed by atoms with Crippen LogP contribution in [0.4, 0.5) is 0 Å². The Bertz CT molecular complexity index is 638. The van der Waals surface area contributed by atoms with Crippen molar-refractivity contribution in [2.24, 2.45) is 0 Å². The molecule has 6 rings (SSSR count). The maximum atomic E-state index is 3.21. The van der Waals surface area contributed by atoms with Gasteiger partial charge in [0.1, 0.15) is 0 Å². The van der Waals surface area contributed by atoms with Gasteiger partial charge in [0.15, 0.2) is 0 Å². The number of rotatable bonds is 4. The van der Waals surface area contributed by atoms with Crippen molar-refractivity contribution in [2.45, 2.75) is 27.7 Å². The van der Waals surface area contributed by atoms with E-state index in [1.54, 1.807) is 0 Å². The van der Waals surface area contributed by atoms with Crippen LogP contribution in [-0.2, 0) is 54.6 Å². The van der Waals surface area contributed by atoms with Crippen molar-refractivity contribution >= 4 is 17.2 Å². The third kappa shape index (κ3) is 15.9. The Morgan fingerprint density at radius 3 is 1.02 bits per heavy atom. The second-order valence-corrected chi connectivity index (χ2v) is 11.3. The summed E-state index contributed by atoms with van der Waals surface area (Å²) in [6, 6.07) is 0. The summed E-state index contributed by atoms with van der Waals surface area (Å²) in [6.07, 6.45) is 32.7. The summed E-state index contributed by atoms with van der Waals surface area (Å²) in [5, 5.41) is 0. The van der Waals surface area contributed by atoms with Crippen LogP contribution in [0.2, 0.25) is 0 Å². The maximum absolute atomic E-state index is 3.21. The molecule has 4 heterocycles. The van der Waals surface area contributed by atoms with Crippen LogP contribution in [0.3, 0.4) is 0 Å². The van der Waals surface area contributed by atoms with Gasteiger partial charge in [-0.15, -0.1) is 0 Å². The van der Waals surface area contributed by atoms with Crippen LogP contribution in [-0.4, -0.2) is 46.8 Å². The molecule has 6 aliphatic rings. The van der Waals surface area contributed by atoms with Gasteiger partial charge in [-0.2, -0.15) is 0 Å². The van der Waals surface area contributed by atoms with Crippen LogP contribution >= 0.6 is 17.2 Å². The summed E-state index contributed by atoms with van der Waals surface area (Å²) >= 11 is 0. The van der Waals surface area contributed by atoms with E-state index in [1.807, 2.05) is 101 Å². The summed E-state index contributed by atoms with van der Waals surface area (Å²) in [4.78, 5) is 8.08. The van der Waals surface area contributed by atoms with E-state index in [4.69, 9.17) is 0 Å². The Morgan fingerprint density at radius 2 is 0.829 bits per heavy atom. The molecule has 2 saturated heterocycles. The quantitative estimate of drug-likeness (QED) is 0.224. The molecule has 4 fully saturated rings. The first kappa shape index (κ1) is 42.2. The first-order chi connectivity index (χ1) is 18.3. The van der Waals surface area contributed by atoms with E-state index in [2.05, 4.69) is 75.6 Å². The van der Waals surface area contributed by atoms with Crippen molar-refractivity contribution < 1.29 is 54.6 Å². The average Bonchev–Trinajstić information content (AvgIpc) is 3.74. The molecule has 2 saturated carbocycles. The Labute approximate surface area is 293 Å². The van der Waals surface area contributed by atoms with E-state index in [0.29, 0.717) is 0 Å². The molecule has 0 amide bonds. The molecule has 24 radical (unpaired) electrons. The number of nitrogens with zero attached hydrogens (tertiary/aromatic N) is 4. The van der Waals surface area contributed by atoms with E-state index in [9.17, 15) is 0 Å². The van der Waals surface area contributed by atoms with Gasteiger partial charge in [-0.05, 0) is 100 Å². The fourth-order valence-corrected chi connectivity index (χ4v) is 5.84. The van der Waals surface area contributed by atoms with Gasteiger partial charge in [-0.3, -0.25) is 0 Å². The summed E-state index contributed by atoms with van der Waals surface area (Å²) in [5.74, 6) is 5.71. The Hall–Kier alpha value is 1.24. The van der Waals surface area contributed by atoms with Crippen molar-refractivity contribution in [2.75, 3.05) is 27.2 Å². The fraction of sp³-hybridized carbons (Fsp3) is 0.250. The molecule has 0 atom stereocenters. The molecule has 41 heavy (non-hydrogen) atoms. The van der Waals surface area contributed by atoms with E-state index in [0.717, 1.165) is 13.1 Å². The van der Waals surface area contributed by atoms with Crippen LogP contribution < -0.4 is 0 Å². The minimum absolute atomic E-state index is 0. The molecule has 0 unspecified atom stereocenters. The number of hydrogen-bond acceptors (Lipinski definition) is 4. The molecule has 0 aromatic rings. The van der Waals surface area contributed by atoms with Gasteiger partial charge in [0.25, 0.3) is 0 Å². The summed E-state index contributed by atoms with van der Waals surface area (Å²) < 4.78 is 0. The van der Waals surface area contributed by atoms with E-state index >= 15 is 0 Å². The van der Waals surface area contributed by atoms with Crippen molar-refractivity contribution in [3.8, 4) is 0 Å². The first-order valence-corrected chi connectivity index (χ1v) is 14.6. The van der Waals surface area contributed by atoms with E-state index in [-0.39, 0.29) is 54.6 Å². The van der Waals surface area contributed by atoms with Gasteiger partial charge in [0.05, 0.1) is 0 Å². The topological polar surface area (TPSA) is 13.0 Å². The molecule has 9 heteroatoms.